The Labute approximate surface area is 106 Å². The molecule has 0 aromatic rings. The maximum absolute atomic E-state index is 10.1. The highest BCUT2D eigenvalue weighted by Gasteiger charge is 2.22. The summed E-state index contributed by atoms with van der Waals surface area (Å²) in [5.74, 6) is 0.490. The first kappa shape index (κ1) is 15.0. The van der Waals surface area contributed by atoms with Crippen molar-refractivity contribution in [2.45, 2.75) is 89.8 Å². The molecule has 0 heterocycles. The Kier molecular flexibility index (Phi) is 7.87. The second-order valence-electron chi connectivity index (χ2n) is 5.69. The average Bonchev–Trinajstić information content (AvgIpc) is 2.32. The highest BCUT2D eigenvalue weighted by Crippen LogP contribution is 2.27. The van der Waals surface area contributed by atoms with Gasteiger partial charge in [-0.05, 0) is 38.0 Å². The van der Waals surface area contributed by atoms with Gasteiger partial charge in [-0.1, -0.05) is 45.4 Å². The van der Waals surface area contributed by atoms with E-state index in [9.17, 15) is 10.2 Å². The fourth-order valence-corrected chi connectivity index (χ4v) is 2.90. The van der Waals surface area contributed by atoms with E-state index in [0.29, 0.717) is 5.92 Å². The molecular weight excluding hydrogens is 212 g/mol. The van der Waals surface area contributed by atoms with Crippen LogP contribution in [0.1, 0.15) is 77.6 Å². The van der Waals surface area contributed by atoms with Crippen LogP contribution in [0.2, 0.25) is 0 Å². The van der Waals surface area contributed by atoms with E-state index in [-0.39, 0.29) is 12.2 Å². The Morgan fingerprint density at radius 3 is 2.41 bits per heavy atom. The van der Waals surface area contributed by atoms with Gasteiger partial charge < -0.3 is 10.2 Å². The summed E-state index contributed by atoms with van der Waals surface area (Å²) in [5.41, 5.74) is 0. The Balaban J connectivity index is 2.16. The Morgan fingerprint density at radius 2 is 1.65 bits per heavy atom. The fourth-order valence-electron chi connectivity index (χ4n) is 2.90. The molecule has 1 saturated carbocycles. The average molecular weight is 242 g/mol. The van der Waals surface area contributed by atoms with E-state index >= 15 is 0 Å². The lowest BCUT2D eigenvalue weighted by molar-refractivity contribution is 0.0453. The maximum Gasteiger partial charge on any atom is 0.0569 e. The monoisotopic (exact) mass is 242 g/mol. The third-order valence-corrected chi connectivity index (χ3v) is 4.13. The summed E-state index contributed by atoms with van der Waals surface area (Å²) < 4.78 is 0. The molecule has 0 saturated heterocycles. The van der Waals surface area contributed by atoms with Gasteiger partial charge in [0, 0.05) is 0 Å². The highest BCUT2D eigenvalue weighted by atomic mass is 16.3. The fraction of sp³-hybridized carbons (Fsp3) is 1.00. The molecule has 2 heteroatoms. The van der Waals surface area contributed by atoms with Crippen molar-refractivity contribution >= 4 is 0 Å². The predicted octanol–water partition coefficient (Wildman–Crippen LogP) is 3.65. The van der Waals surface area contributed by atoms with Crippen molar-refractivity contribution in [3.05, 3.63) is 0 Å². The summed E-state index contributed by atoms with van der Waals surface area (Å²) in [4.78, 5) is 0. The smallest absolute Gasteiger partial charge is 0.0569 e. The van der Waals surface area contributed by atoms with Gasteiger partial charge in [-0.2, -0.15) is 0 Å². The molecule has 1 rings (SSSR count). The van der Waals surface area contributed by atoms with Crippen LogP contribution in [0.15, 0.2) is 0 Å². The maximum atomic E-state index is 10.1. The lowest BCUT2D eigenvalue weighted by atomic mass is 9.84. The molecule has 0 aromatic carbocycles. The molecule has 0 amide bonds. The third kappa shape index (κ3) is 6.42. The quantitative estimate of drug-likeness (QED) is 0.698. The Bertz CT molecular complexity index is 182. The van der Waals surface area contributed by atoms with Crippen LogP contribution in [0.4, 0.5) is 0 Å². The summed E-state index contributed by atoms with van der Waals surface area (Å²) >= 11 is 0. The van der Waals surface area contributed by atoms with Gasteiger partial charge in [0.25, 0.3) is 0 Å². The molecule has 2 nitrogen and oxygen atoms in total. The Hall–Kier alpha value is -0.0800. The molecule has 0 aromatic heterocycles. The van der Waals surface area contributed by atoms with Crippen LogP contribution in [0, 0.1) is 5.92 Å². The highest BCUT2D eigenvalue weighted by molar-refractivity contribution is 4.74. The lowest BCUT2D eigenvalue weighted by Gasteiger charge is -2.27. The molecule has 3 unspecified atom stereocenters. The number of unbranched alkanes of at least 4 members (excludes halogenated alkanes) is 4. The van der Waals surface area contributed by atoms with Gasteiger partial charge in [-0.3, -0.25) is 0 Å². The van der Waals surface area contributed by atoms with Crippen LogP contribution in [0.3, 0.4) is 0 Å². The van der Waals surface area contributed by atoms with Crippen LogP contribution < -0.4 is 0 Å². The van der Waals surface area contributed by atoms with Crippen LogP contribution in [-0.2, 0) is 0 Å². The normalized spacial score (nSPS) is 30.9. The summed E-state index contributed by atoms with van der Waals surface area (Å²) in [5, 5.41) is 19.7. The zero-order chi connectivity index (χ0) is 12.5. The summed E-state index contributed by atoms with van der Waals surface area (Å²) in [6, 6.07) is 0. The van der Waals surface area contributed by atoms with Crippen LogP contribution in [0.25, 0.3) is 0 Å². The number of hydrogen-bond acceptors (Lipinski definition) is 2. The van der Waals surface area contributed by atoms with E-state index in [1.807, 2.05) is 0 Å². The molecule has 2 N–H and O–H groups in total. The van der Waals surface area contributed by atoms with Gasteiger partial charge in [0.15, 0.2) is 0 Å². The first-order valence-corrected chi connectivity index (χ1v) is 7.60. The van der Waals surface area contributed by atoms with Crippen molar-refractivity contribution in [1.29, 1.82) is 0 Å². The van der Waals surface area contributed by atoms with Crippen LogP contribution >= 0.6 is 0 Å². The van der Waals surface area contributed by atoms with E-state index in [4.69, 9.17) is 0 Å². The van der Waals surface area contributed by atoms with Crippen molar-refractivity contribution in [3.63, 3.8) is 0 Å². The largest absolute Gasteiger partial charge is 0.393 e. The van der Waals surface area contributed by atoms with E-state index in [1.165, 1.54) is 38.5 Å². The first-order valence-electron chi connectivity index (χ1n) is 7.60. The minimum atomic E-state index is -0.171. The third-order valence-electron chi connectivity index (χ3n) is 4.13. The summed E-state index contributed by atoms with van der Waals surface area (Å²) in [6.07, 6.45) is 12.1. The van der Waals surface area contributed by atoms with Crippen molar-refractivity contribution in [3.8, 4) is 0 Å². The van der Waals surface area contributed by atoms with Crippen LogP contribution in [-0.4, -0.2) is 22.4 Å². The molecule has 1 aliphatic rings. The van der Waals surface area contributed by atoms with E-state index in [2.05, 4.69) is 6.92 Å². The molecule has 102 valence electrons. The molecule has 0 aliphatic heterocycles. The predicted molar refractivity (Wildman–Crippen MR) is 72.0 cm³/mol. The lowest BCUT2D eigenvalue weighted by Crippen LogP contribution is -2.25. The minimum absolute atomic E-state index is 0.170. The molecular formula is C15H30O2. The number of aliphatic hydroxyl groups excluding tert-OH is 2. The molecule has 3 atom stereocenters. The SMILES string of the molecule is CCCCCCCC1CCCC(O)CCC1O. The second kappa shape index (κ2) is 8.93. The van der Waals surface area contributed by atoms with Crippen molar-refractivity contribution in [1.82, 2.24) is 0 Å². The molecule has 0 spiro atoms. The molecule has 1 fully saturated rings. The topological polar surface area (TPSA) is 40.5 Å². The van der Waals surface area contributed by atoms with Gasteiger partial charge in [0.2, 0.25) is 0 Å². The molecule has 0 bridgehead atoms. The number of hydrogen-bond donors (Lipinski definition) is 2. The zero-order valence-electron chi connectivity index (χ0n) is 11.4. The summed E-state index contributed by atoms with van der Waals surface area (Å²) in [7, 11) is 0. The van der Waals surface area contributed by atoms with Crippen LogP contribution in [0.5, 0.6) is 0 Å². The minimum Gasteiger partial charge on any atom is -0.393 e. The standard InChI is InChI=1S/C15H30O2/c1-2-3-4-5-6-8-13-9-7-10-14(16)11-12-15(13)17/h13-17H,2-12H2,1H3. The van der Waals surface area contributed by atoms with Gasteiger partial charge in [-0.15, -0.1) is 0 Å². The zero-order valence-corrected chi connectivity index (χ0v) is 11.4. The molecule has 1 aliphatic carbocycles. The van der Waals surface area contributed by atoms with E-state index in [1.54, 1.807) is 0 Å². The van der Waals surface area contributed by atoms with Crippen molar-refractivity contribution < 1.29 is 10.2 Å². The van der Waals surface area contributed by atoms with Gasteiger partial charge in [0.1, 0.15) is 0 Å². The number of aliphatic hydroxyl groups is 2. The van der Waals surface area contributed by atoms with Gasteiger partial charge >= 0.3 is 0 Å². The number of rotatable bonds is 6. The van der Waals surface area contributed by atoms with Crippen molar-refractivity contribution in [2.24, 2.45) is 5.92 Å². The first-order chi connectivity index (χ1) is 8.24. The van der Waals surface area contributed by atoms with Gasteiger partial charge in [0.05, 0.1) is 12.2 Å². The van der Waals surface area contributed by atoms with E-state index < -0.39 is 0 Å². The molecule has 17 heavy (non-hydrogen) atoms. The van der Waals surface area contributed by atoms with Gasteiger partial charge in [-0.25, -0.2) is 0 Å². The second-order valence-corrected chi connectivity index (χ2v) is 5.69. The Morgan fingerprint density at radius 1 is 0.882 bits per heavy atom. The summed E-state index contributed by atoms with van der Waals surface area (Å²) in [6.45, 7) is 2.24. The molecule has 0 radical (unpaired) electrons. The van der Waals surface area contributed by atoms with Crippen molar-refractivity contribution in [2.75, 3.05) is 0 Å². The van der Waals surface area contributed by atoms with E-state index in [0.717, 1.165) is 32.1 Å².